The molecule has 4 heteroatoms. The van der Waals surface area contributed by atoms with E-state index in [0.29, 0.717) is 15.4 Å². The number of aldehydes is 1. The lowest BCUT2D eigenvalue weighted by molar-refractivity contribution is 0.112. The molecule has 0 aliphatic heterocycles. The van der Waals surface area contributed by atoms with Gasteiger partial charge in [0.25, 0.3) is 0 Å². The Morgan fingerprint density at radius 3 is 2.64 bits per heavy atom. The monoisotopic (exact) mass is 284 g/mol. The number of halogens is 3. The van der Waals surface area contributed by atoms with Gasteiger partial charge in [-0.25, -0.2) is 4.39 Å². The summed E-state index contributed by atoms with van der Waals surface area (Å²) in [5.41, 5.74) is 0.341. The summed E-state index contributed by atoms with van der Waals surface area (Å²) in [7, 11) is 0. The Morgan fingerprint density at radius 1 is 1.55 bits per heavy atom. The van der Waals surface area contributed by atoms with Crippen LogP contribution in [0.15, 0.2) is 12.1 Å². The molecule has 0 saturated heterocycles. The second-order valence-corrected chi connectivity index (χ2v) is 3.47. The third-order valence-electron chi connectivity index (χ3n) is 1.16. The lowest BCUT2D eigenvalue weighted by atomic mass is 10.2. The van der Waals surface area contributed by atoms with Crippen LogP contribution in [0, 0.1) is 9.39 Å². The van der Waals surface area contributed by atoms with E-state index in [1.807, 2.05) is 22.6 Å². The second kappa shape index (κ2) is 3.49. The van der Waals surface area contributed by atoms with Crippen molar-refractivity contribution in [3.05, 3.63) is 32.1 Å². The molecule has 1 aromatic rings. The zero-order chi connectivity index (χ0) is 8.43. The normalized spacial score (nSPS) is 9.73. The minimum atomic E-state index is -0.426. The van der Waals surface area contributed by atoms with Crippen molar-refractivity contribution in [2.75, 3.05) is 0 Å². The average molecular weight is 284 g/mol. The molecule has 0 amide bonds. The highest BCUT2D eigenvalue weighted by Gasteiger charge is 2.05. The van der Waals surface area contributed by atoms with Crippen LogP contribution in [0.5, 0.6) is 0 Å². The highest BCUT2D eigenvalue weighted by molar-refractivity contribution is 14.1. The smallest absolute Gasteiger partial charge is 0.152 e. The molecule has 0 aromatic heterocycles. The minimum Gasteiger partial charge on any atom is -0.298 e. The molecule has 0 unspecified atom stereocenters. The highest BCUT2D eigenvalue weighted by Crippen LogP contribution is 2.21. The zero-order valence-corrected chi connectivity index (χ0v) is 8.19. The Kier molecular flexibility index (Phi) is 2.84. The SMILES string of the molecule is O=Cc1c(Cl)cc(F)cc1I. The van der Waals surface area contributed by atoms with E-state index in [9.17, 15) is 9.18 Å². The van der Waals surface area contributed by atoms with Crippen molar-refractivity contribution in [2.24, 2.45) is 0 Å². The molecule has 0 saturated carbocycles. The van der Waals surface area contributed by atoms with E-state index in [-0.39, 0.29) is 5.02 Å². The predicted octanol–water partition coefficient (Wildman–Crippen LogP) is 2.90. The fourth-order valence-electron chi connectivity index (χ4n) is 0.666. The third-order valence-corrected chi connectivity index (χ3v) is 2.37. The van der Waals surface area contributed by atoms with E-state index < -0.39 is 5.82 Å². The van der Waals surface area contributed by atoms with E-state index in [1.54, 1.807) is 0 Å². The lowest BCUT2D eigenvalue weighted by Gasteiger charge is -1.98. The average Bonchev–Trinajstić information content (AvgIpc) is 1.85. The first-order valence-corrected chi connectivity index (χ1v) is 4.20. The maximum atomic E-state index is 12.5. The van der Waals surface area contributed by atoms with Gasteiger partial charge in [0, 0.05) is 9.13 Å². The summed E-state index contributed by atoms with van der Waals surface area (Å²) < 4.78 is 13.1. The fraction of sp³-hybridized carbons (Fsp3) is 0. The molecule has 11 heavy (non-hydrogen) atoms. The summed E-state index contributed by atoms with van der Waals surface area (Å²) in [6.45, 7) is 0. The van der Waals surface area contributed by atoms with Gasteiger partial charge in [-0.2, -0.15) is 0 Å². The Morgan fingerprint density at radius 2 is 2.18 bits per heavy atom. The fourth-order valence-corrected chi connectivity index (χ4v) is 1.79. The molecule has 0 spiro atoms. The molecule has 1 aromatic carbocycles. The number of rotatable bonds is 1. The number of carbonyl (C=O) groups excluding carboxylic acids is 1. The Hall–Kier alpha value is -0.160. The van der Waals surface area contributed by atoms with Crippen LogP contribution in [0.25, 0.3) is 0 Å². The van der Waals surface area contributed by atoms with Crippen molar-refractivity contribution in [1.29, 1.82) is 0 Å². The number of benzene rings is 1. The largest absolute Gasteiger partial charge is 0.298 e. The molecule has 58 valence electrons. The Bertz CT molecular complexity index is 277. The van der Waals surface area contributed by atoms with E-state index in [0.717, 1.165) is 6.07 Å². The summed E-state index contributed by atoms with van der Waals surface area (Å²) in [6, 6.07) is 2.38. The summed E-state index contributed by atoms with van der Waals surface area (Å²) in [5.74, 6) is -0.426. The van der Waals surface area contributed by atoms with E-state index in [2.05, 4.69) is 0 Å². The molecule has 0 atom stereocenters. The minimum absolute atomic E-state index is 0.157. The van der Waals surface area contributed by atoms with E-state index in [1.165, 1.54) is 6.07 Å². The van der Waals surface area contributed by atoms with Crippen LogP contribution in [0.4, 0.5) is 4.39 Å². The van der Waals surface area contributed by atoms with Gasteiger partial charge in [-0.05, 0) is 34.7 Å². The molecule has 0 aliphatic rings. The van der Waals surface area contributed by atoms with Gasteiger partial charge in [-0.1, -0.05) is 11.6 Å². The van der Waals surface area contributed by atoms with E-state index >= 15 is 0 Å². The van der Waals surface area contributed by atoms with Gasteiger partial charge in [0.15, 0.2) is 6.29 Å². The van der Waals surface area contributed by atoms with Gasteiger partial charge in [-0.3, -0.25) is 4.79 Å². The standard InChI is InChI=1S/C7H3ClFIO/c8-6-1-4(9)2-7(10)5(6)3-11/h1-3H. The second-order valence-electron chi connectivity index (χ2n) is 1.90. The molecule has 1 rings (SSSR count). The lowest BCUT2D eigenvalue weighted by Crippen LogP contribution is -1.89. The Balaban J connectivity index is 3.36. The van der Waals surface area contributed by atoms with Crippen molar-refractivity contribution in [3.8, 4) is 0 Å². The van der Waals surface area contributed by atoms with Gasteiger partial charge in [-0.15, -0.1) is 0 Å². The maximum Gasteiger partial charge on any atom is 0.152 e. The van der Waals surface area contributed by atoms with Crippen molar-refractivity contribution < 1.29 is 9.18 Å². The summed E-state index contributed by atoms with van der Waals surface area (Å²) in [5, 5.41) is 0.157. The number of hydrogen-bond donors (Lipinski definition) is 0. The number of carbonyl (C=O) groups is 1. The molecular weight excluding hydrogens is 281 g/mol. The first-order valence-electron chi connectivity index (χ1n) is 2.75. The van der Waals surface area contributed by atoms with Crippen LogP contribution in [0.2, 0.25) is 5.02 Å². The van der Waals surface area contributed by atoms with Crippen LogP contribution in [0.1, 0.15) is 10.4 Å². The maximum absolute atomic E-state index is 12.5. The Labute approximate surface area is 81.7 Å². The summed E-state index contributed by atoms with van der Waals surface area (Å²) in [6.07, 6.45) is 0.615. The molecule has 0 aliphatic carbocycles. The van der Waals surface area contributed by atoms with Gasteiger partial charge in [0.05, 0.1) is 5.02 Å². The van der Waals surface area contributed by atoms with Crippen LogP contribution >= 0.6 is 34.2 Å². The molecule has 0 fully saturated rings. The molecule has 1 nitrogen and oxygen atoms in total. The molecule has 0 radical (unpaired) electrons. The molecule has 0 N–H and O–H groups in total. The predicted molar refractivity (Wildman–Crippen MR) is 49.5 cm³/mol. The van der Waals surface area contributed by atoms with Gasteiger partial charge in [0.2, 0.25) is 0 Å². The molecular formula is C7H3ClFIO. The van der Waals surface area contributed by atoms with Gasteiger partial charge in [0.1, 0.15) is 5.82 Å². The van der Waals surface area contributed by atoms with Crippen LogP contribution in [0.3, 0.4) is 0 Å². The molecule has 0 heterocycles. The molecule has 0 bridgehead atoms. The van der Waals surface area contributed by atoms with E-state index in [4.69, 9.17) is 11.6 Å². The van der Waals surface area contributed by atoms with Crippen LogP contribution in [-0.4, -0.2) is 6.29 Å². The quantitative estimate of drug-likeness (QED) is 0.572. The summed E-state index contributed by atoms with van der Waals surface area (Å²) >= 11 is 7.41. The van der Waals surface area contributed by atoms with Crippen LogP contribution < -0.4 is 0 Å². The highest BCUT2D eigenvalue weighted by atomic mass is 127. The van der Waals surface area contributed by atoms with Crippen molar-refractivity contribution >= 4 is 40.5 Å². The third kappa shape index (κ3) is 1.90. The van der Waals surface area contributed by atoms with Gasteiger partial charge < -0.3 is 0 Å². The van der Waals surface area contributed by atoms with Crippen molar-refractivity contribution in [3.63, 3.8) is 0 Å². The first kappa shape index (κ1) is 8.93. The van der Waals surface area contributed by atoms with Crippen molar-refractivity contribution in [2.45, 2.75) is 0 Å². The van der Waals surface area contributed by atoms with Crippen molar-refractivity contribution in [1.82, 2.24) is 0 Å². The summed E-state index contributed by atoms with van der Waals surface area (Å²) in [4.78, 5) is 10.3. The van der Waals surface area contributed by atoms with Gasteiger partial charge >= 0.3 is 0 Å². The number of hydrogen-bond acceptors (Lipinski definition) is 1. The topological polar surface area (TPSA) is 17.1 Å². The first-order chi connectivity index (χ1) is 5.15. The zero-order valence-electron chi connectivity index (χ0n) is 5.27. The van der Waals surface area contributed by atoms with Crippen LogP contribution in [-0.2, 0) is 0 Å².